The molecule has 0 radical (unpaired) electrons. The number of hydrogen-bond donors (Lipinski definition) is 1. The maximum absolute atomic E-state index is 12.0. The summed E-state index contributed by atoms with van der Waals surface area (Å²) in [4.78, 5) is 34.4. The zero-order valence-corrected chi connectivity index (χ0v) is 16.7. The Bertz CT molecular complexity index is 806. The average molecular weight is 394 g/mol. The number of rotatable bonds is 7. The van der Waals surface area contributed by atoms with Crippen LogP contribution >= 0.6 is 23.1 Å². The number of thioether (sulfide) groups is 1. The molecule has 2 aromatic rings. The van der Waals surface area contributed by atoms with E-state index in [1.165, 1.54) is 35.7 Å². The van der Waals surface area contributed by atoms with E-state index in [-0.39, 0.29) is 11.9 Å². The fourth-order valence-electron chi connectivity index (χ4n) is 3.10. The lowest BCUT2D eigenvalue weighted by atomic mass is 9.89. The van der Waals surface area contributed by atoms with Crippen molar-refractivity contribution in [1.82, 2.24) is 15.3 Å². The summed E-state index contributed by atoms with van der Waals surface area (Å²) in [5.41, 5.74) is 1.38. The Balaban J connectivity index is 1.59. The third-order valence-corrected chi connectivity index (χ3v) is 6.66. The summed E-state index contributed by atoms with van der Waals surface area (Å²) in [7, 11) is 1.36. The molecule has 3 rings (SSSR count). The van der Waals surface area contributed by atoms with Crippen LogP contribution in [0.5, 0.6) is 0 Å². The Morgan fingerprint density at radius 3 is 3.08 bits per heavy atom. The van der Waals surface area contributed by atoms with Crippen molar-refractivity contribution in [1.29, 1.82) is 0 Å². The number of carbonyl (C=O) groups is 2. The minimum Gasteiger partial charge on any atom is -0.469 e. The molecule has 1 aliphatic carbocycles. The molecule has 0 spiro atoms. The van der Waals surface area contributed by atoms with Gasteiger partial charge in [-0.2, -0.15) is 0 Å². The summed E-state index contributed by atoms with van der Waals surface area (Å²) in [6, 6.07) is 0. The predicted octanol–water partition coefficient (Wildman–Crippen LogP) is 2.98. The summed E-state index contributed by atoms with van der Waals surface area (Å²) in [5.74, 6) is 0.721. The number of carbonyl (C=O) groups excluding carboxylic acids is 2. The van der Waals surface area contributed by atoms with Crippen molar-refractivity contribution < 1.29 is 14.3 Å². The molecule has 8 heteroatoms. The van der Waals surface area contributed by atoms with E-state index in [1.807, 2.05) is 0 Å². The lowest BCUT2D eigenvalue weighted by Gasteiger charge is -2.18. The monoisotopic (exact) mass is 393 g/mol. The zero-order chi connectivity index (χ0) is 18.5. The lowest BCUT2D eigenvalue weighted by Crippen LogP contribution is -2.26. The number of hydrogen-bond acceptors (Lipinski definition) is 7. The van der Waals surface area contributed by atoms with E-state index in [9.17, 15) is 9.59 Å². The van der Waals surface area contributed by atoms with Gasteiger partial charge in [-0.25, -0.2) is 9.97 Å². The molecular weight excluding hydrogens is 370 g/mol. The summed E-state index contributed by atoms with van der Waals surface area (Å²) in [5, 5.41) is 4.87. The van der Waals surface area contributed by atoms with Gasteiger partial charge >= 0.3 is 5.97 Å². The first-order chi connectivity index (χ1) is 12.6. The second kappa shape index (κ2) is 8.81. The van der Waals surface area contributed by atoms with Gasteiger partial charge in [-0.1, -0.05) is 18.7 Å². The van der Waals surface area contributed by atoms with Crippen LogP contribution in [0.1, 0.15) is 36.6 Å². The average Bonchev–Trinajstić information content (AvgIpc) is 3.01. The number of esters is 1. The Morgan fingerprint density at radius 1 is 1.42 bits per heavy atom. The third kappa shape index (κ3) is 4.54. The van der Waals surface area contributed by atoms with Crippen molar-refractivity contribution >= 4 is 45.2 Å². The van der Waals surface area contributed by atoms with Crippen molar-refractivity contribution in [2.45, 2.75) is 44.1 Å². The number of amides is 1. The molecule has 2 aromatic heterocycles. The first-order valence-electron chi connectivity index (χ1n) is 8.80. The number of methoxy groups -OCH3 is 1. The maximum Gasteiger partial charge on any atom is 0.305 e. The Labute approximate surface area is 161 Å². The van der Waals surface area contributed by atoms with Gasteiger partial charge in [0.2, 0.25) is 5.91 Å². The van der Waals surface area contributed by atoms with Crippen LogP contribution in [0.15, 0.2) is 11.4 Å². The number of aryl methyl sites for hydroxylation is 1. The summed E-state index contributed by atoms with van der Waals surface area (Å²) < 4.78 is 4.58. The van der Waals surface area contributed by atoms with E-state index in [1.54, 1.807) is 17.7 Å². The molecule has 0 saturated carbocycles. The van der Waals surface area contributed by atoms with Crippen molar-refractivity contribution in [3.05, 3.63) is 16.8 Å². The van der Waals surface area contributed by atoms with Gasteiger partial charge in [-0.05, 0) is 37.2 Å². The first kappa shape index (κ1) is 19.1. The van der Waals surface area contributed by atoms with E-state index in [4.69, 9.17) is 0 Å². The zero-order valence-electron chi connectivity index (χ0n) is 15.0. The fraction of sp³-hybridized carbons (Fsp3) is 0.556. The van der Waals surface area contributed by atoms with Crippen LogP contribution < -0.4 is 5.32 Å². The van der Waals surface area contributed by atoms with Gasteiger partial charge < -0.3 is 10.1 Å². The normalized spacial score (nSPS) is 16.3. The molecule has 1 atom stereocenters. The molecule has 26 heavy (non-hydrogen) atoms. The predicted molar refractivity (Wildman–Crippen MR) is 104 cm³/mol. The van der Waals surface area contributed by atoms with E-state index < -0.39 is 0 Å². The fourth-order valence-corrected chi connectivity index (χ4v) is 5.37. The van der Waals surface area contributed by atoms with Crippen LogP contribution in [0.2, 0.25) is 0 Å². The molecule has 0 aromatic carbocycles. The summed E-state index contributed by atoms with van der Waals surface area (Å²) >= 11 is 3.22. The molecule has 0 unspecified atom stereocenters. The maximum atomic E-state index is 12.0. The topological polar surface area (TPSA) is 81.2 Å². The van der Waals surface area contributed by atoms with E-state index >= 15 is 0 Å². The van der Waals surface area contributed by atoms with E-state index in [2.05, 4.69) is 26.9 Å². The second-order valence-corrected chi connectivity index (χ2v) is 8.58. The second-order valence-electron chi connectivity index (χ2n) is 6.53. The third-order valence-electron chi connectivity index (χ3n) is 4.50. The molecule has 0 fully saturated rings. The highest BCUT2D eigenvalue weighted by atomic mass is 32.2. The van der Waals surface area contributed by atoms with Crippen LogP contribution in [0.3, 0.4) is 0 Å². The number of nitrogens with one attached hydrogen (secondary N) is 1. The molecular formula is C18H23N3O3S2. The smallest absolute Gasteiger partial charge is 0.305 e. The van der Waals surface area contributed by atoms with Gasteiger partial charge in [0.05, 0.1) is 12.9 Å². The quantitative estimate of drug-likeness (QED) is 0.337. The largest absolute Gasteiger partial charge is 0.469 e. The van der Waals surface area contributed by atoms with E-state index in [0.717, 1.165) is 34.0 Å². The van der Waals surface area contributed by atoms with Crippen LogP contribution in [0.25, 0.3) is 10.2 Å². The van der Waals surface area contributed by atoms with Gasteiger partial charge in [0.25, 0.3) is 0 Å². The van der Waals surface area contributed by atoms with Crippen LogP contribution in [-0.4, -0.2) is 41.3 Å². The Morgan fingerprint density at radius 2 is 2.27 bits per heavy atom. The SMILES string of the molecule is COC(=O)CCCNC(=O)CSc1ncnc2sc3c(c12)CC[C@H](C)C3. The summed E-state index contributed by atoms with van der Waals surface area (Å²) in [6.45, 7) is 2.76. The molecule has 140 valence electrons. The highest BCUT2D eigenvalue weighted by Crippen LogP contribution is 2.40. The lowest BCUT2D eigenvalue weighted by molar-refractivity contribution is -0.140. The molecule has 1 amide bonds. The van der Waals surface area contributed by atoms with Crippen molar-refractivity contribution in [2.75, 3.05) is 19.4 Å². The molecule has 0 bridgehead atoms. The summed E-state index contributed by atoms with van der Waals surface area (Å²) in [6.07, 6.45) is 5.86. The van der Waals surface area contributed by atoms with Crippen molar-refractivity contribution in [3.8, 4) is 0 Å². The number of thiophene rings is 1. The van der Waals surface area contributed by atoms with Gasteiger partial charge in [0.1, 0.15) is 16.2 Å². The van der Waals surface area contributed by atoms with Crippen molar-refractivity contribution in [3.63, 3.8) is 0 Å². The van der Waals surface area contributed by atoms with Crippen LogP contribution in [-0.2, 0) is 27.2 Å². The molecule has 1 aliphatic rings. The highest BCUT2D eigenvalue weighted by Gasteiger charge is 2.23. The van der Waals surface area contributed by atoms with Crippen LogP contribution in [0.4, 0.5) is 0 Å². The standard InChI is InChI=1S/C18H23N3O3S2/c1-11-5-6-12-13(8-11)26-18-16(12)17(20-10-21-18)25-9-14(22)19-7-3-4-15(23)24-2/h10-11H,3-9H2,1-2H3,(H,19,22)/t11-/m0/s1. The Hall–Kier alpha value is -1.67. The molecule has 0 aliphatic heterocycles. The molecule has 6 nitrogen and oxygen atoms in total. The van der Waals surface area contributed by atoms with Gasteiger partial charge in [0.15, 0.2) is 0 Å². The minimum atomic E-state index is -0.256. The molecule has 0 saturated heterocycles. The van der Waals surface area contributed by atoms with Gasteiger partial charge in [-0.15, -0.1) is 11.3 Å². The highest BCUT2D eigenvalue weighted by molar-refractivity contribution is 8.00. The van der Waals surface area contributed by atoms with E-state index in [0.29, 0.717) is 25.1 Å². The van der Waals surface area contributed by atoms with Gasteiger partial charge in [-0.3, -0.25) is 9.59 Å². The molecule has 2 heterocycles. The molecule has 1 N–H and O–H groups in total. The minimum absolute atomic E-state index is 0.0515. The Kier molecular flexibility index (Phi) is 6.48. The number of fused-ring (bicyclic) bond motifs is 3. The number of nitrogens with zero attached hydrogens (tertiary/aromatic N) is 2. The number of aromatic nitrogens is 2. The number of ether oxygens (including phenoxy) is 1. The van der Waals surface area contributed by atoms with Gasteiger partial charge in [0, 0.05) is 23.2 Å². The van der Waals surface area contributed by atoms with Crippen molar-refractivity contribution in [2.24, 2.45) is 5.92 Å². The van der Waals surface area contributed by atoms with Crippen LogP contribution in [0, 0.1) is 5.92 Å². The first-order valence-corrected chi connectivity index (χ1v) is 10.6.